The maximum Gasteiger partial charge on any atom is 0.190 e. The number of hydrogen-bond acceptors (Lipinski definition) is 1. The number of aromatic nitrogens is 1. The normalized spacial score (nSPS) is 11.8. The van der Waals surface area contributed by atoms with Crippen LogP contribution in [-0.4, -0.2) is 14.1 Å². The molecule has 1 heterocycles. The number of nitrogens with zero attached hydrogens (tertiary/aromatic N) is 1. The molecule has 0 amide bonds. The minimum atomic E-state index is -1.20. The van der Waals surface area contributed by atoms with E-state index < -0.39 is 3.79 Å². The molecule has 0 N–H and O–H groups in total. The Morgan fingerprint density at radius 3 is 2.56 bits per heavy atom. The largest absolute Gasteiger partial charge is 0.348 e. The molecule has 16 heavy (non-hydrogen) atoms. The number of carbonyl (C=O) groups is 1. The van der Waals surface area contributed by atoms with E-state index in [-0.39, 0.29) is 5.78 Å². The molecule has 0 spiro atoms. The standard InChI is InChI=1S/C11H14Cl3NO/c1-15-8-4-5-9(15)10(16)6-2-3-7-11(12,13)14/h4-5,8H,2-3,6-7H2,1H3. The molecule has 5 heteroatoms. The van der Waals surface area contributed by atoms with Gasteiger partial charge in [0.1, 0.15) is 0 Å². The van der Waals surface area contributed by atoms with Crippen molar-refractivity contribution < 1.29 is 4.79 Å². The van der Waals surface area contributed by atoms with Crippen LogP contribution in [0.2, 0.25) is 0 Å². The van der Waals surface area contributed by atoms with Crippen molar-refractivity contribution in [3.05, 3.63) is 24.0 Å². The molecule has 0 saturated carbocycles. The molecule has 1 aromatic heterocycles. The Morgan fingerprint density at radius 1 is 1.38 bits per heavy atom. The Labute approximate surface area is 110 Å². The minimum Gasteiger partial charge on any atom is -0.348 e. The Bertz CT molecular complexity index is 354. The van der Waals surface area contributed by atoms with Crippen molar-refractivity contribution >= 4 is 40.6 Å². The number of alkyl halides is 3. The summed E-state index contributed by atoms with van der Waals surface area (Å²) < 4.78 is 0.616. The second kappa shape index (κ2) is 5.95. The van der Waals surface area contributed by atoms with Gasteiger partial charge in [-0.15, -0.1) is 0 Å². The van der Waals surface area contributed by atoms with Crippen LogP contribution in [0.4, 0.5) is 0 Å². The molecule has 1 rings (SSSR count). The van der Waals surface area contributed by atoms with Gasteiger partial charge in [0.15, 0.2) is 9.58 Å². The van der Waals surface area contributed by atoms with Gasteiger partial charge in [0.2, 0.25) is 0 Å². The van der Waals surface area contributed by atoms with Gasteiger partial charge < -0.3 is 4.57 Å². The maximum atomic E-state index is 11.7. The molecule has 1 aromatic rings. The summed E-state index contributed by atoms with van der Waals surface area (Å²) in [6.45, 7) is 0. The van der Waals surface area contributed by atoms with Gasteiger partial charge in [0.05, 0.1) is 5.69 Å². The Morgan fingerprint density at radius 2 is 2.06 bits per heavy atom. The van der Waals surface area contributed by atoms with Crippen LogP contribution in [0.1, 0.15) is 36.2 Å². The lowest BCUT2D eigenvalue weighted by Crippen LogP contribution is -2.06. The summed E-state index contributed by atoms with van der Waals surface area (Å²) in [5, 5.41) is 0. The van der Waals surface area contributed by atoms with Crippen molar-refractivity contribution in [3.8, 4) is 0 Å². The van der Waals surface area contributed by atoms with E-state index in [1.165, 1.54) is 0 Å². The fraction of sp³-hybridized carbons (Fsp3) is 0.545. The fourth-order valence-corrected chi connectivity index (χ4v) is 1.89. The topological polar surface area (TPSA) is 22.0 Å². The lowest BCUT2D eigenvalue weighted by atomic mass is 10.1. The highest BCUT2D eigenvalue weighted by Crippen LogP contribution is 2.32. The average Bonchev–Trinajstić information content (AvgIpc) is 2.57. The predicted molar refractivity (Wildman–Crippen MR) is 68.5 cm³/mol. The predicted octanol–water partition coefficient (Wildman–Crippen LogP) is 4.14. The van der Waals surface area contributed by atoms with E-state index in [1.54, 1.807) is 0 Å². The lowest BCUT2D eigenvalue weighted by molar-refractivity contribution is 0.0971. The van der Waals surface area contributed by atoms with Crippen LogP contribution in [0.25, 0.3) is 0 Å². The molecule has 0 radical (unpaired) electrons. The third-order valence-electron chi connectivity index (χ3n) is 2.34. The van der Waals surface area contributed by atoms with Crippen LogP contribution in [0.5, 0.6) is 0 Å². The zero-order valence-corrected chi connectivity index (χ0v) is 11.3. The maximum absolute atomic E-state index is 11.7. The molecule has 0 aliphatic rings. The van der Waals surface area contributed by atoms with Gasteiger partial charge in [-0.25, -0.2) is 0 Å². The van der Waals surface area contributed by atoms with E-state index in [2.05, 4.69) is 0 Å². The van der Waals surface area contributed by atoms with E-state index >= 15 is 0 Å². The first-order valence-electron chi connectivity index (χ1n) is 5.11. The van der Waals surface area contributed by atoms with E-state index in [1.807, 2.05) is 29.9 Å². The smallest absolute Gasteiger partial charge is 0.190 e. The molecule has 0 bridgehead atoms. The first kappa shape index (κ1) is 13.9. The van der Waals surface area contributed by atoms with Gasteiger partial charge >= 0.3 is 0 Å². The van der Waals surface area contributed by atoms with Crippen molar-refractivity contribution in [1.82, 2.24) is 4.57 Å². The van der Waals surface area contributed by atoms with E-state index in [9.17, 15) is 4.79 Å². The molecule has 90 valence electrons. The third-order valence-corrected chi connectivity index (χ3v) is 2.91. The summed E-state index contributed by atoms with van der Waals surface area (Å²) >= 11 is 16.8. The van der Waals surface area contributed by atoms with Crippen molar-refractivity contribution in [1.29, 1.82) is 0 Å². The number of carbonyl (C=O) groups excluding carboxylic acids is 1. The number of unbranched alkanes of at least 4 members (excludes halogenated alkanes) is 1. The van der Waals surface area contributed by atoms with Crippen LogP contribution >= 0.6 is 34.8 Å². The molecule has 0 atom stereocenters. The van der Waals surface area contributed by atoms with E-state index in [0.717, 1.165) is 18.5 Å². The summed E-state index contributed by atoms with van der Waals surface area (Å²) in [7, 11) is 1.86. The number of hydrogen-bond donors (Lipinski definition) is 0. The molecule has 0 aliphatic carbocycles. The number of rotatable bonds is 5. The zero-order valence-electron chi connectivity index (χ0n) is 9.05. The van der Waals surface area contributed by atoms with Crippen molar-refractivity contribution in [2.24, 2.45) is 7.05 Å². The first-order valence-corrected chi connectivity index (χ1v) is 6.25. The third kappa shape index (κ3) is 4.77. The zero-order chi connectivity index (χ0) is 12.2. The first-order chi connectivity index (χ1) is 7.40. The quantitative estimate of drug-likeness (QED) is 0.452. The molecule has 0 saturated heterocycles. The second-order valence-electron chi connectivity index (χ2n) is 3.75. The molecule has 0 unspecified atom stereocenters. The summed E-state index contributed by atoms with van der Waals surface area (Å²) in [5.74, 6) is 0.136. The number of aryl methyl sites for hydroxylation is 1. The second-order valence-corrected chi connectivity index (χ2v) is 6.27. The van der Waals surface area contributed by atoms with Gasteiger partial charge in [-0.05, 0) is 31.4 Å². The molecule has 0 fully saturated rings. The number of ketones is 1. The van der Waals surface area contributed by atoms with Crippen LogP contribution in [0, 0.1) is 0 Å². The monoisotopic (exact) mass is 281 g/mol. The summed E-state index contributed by atoms with van der Waals surface area (Å²) in [4.78, 5) is 11.7. The average molecular weight is 283 g/mol. The Kier molecular flexibility index (Phi) is 5.16. The van der Waals surface area contributed by atoms with Gasteiger partial charge in [-0.3, -0.25) is 4.79 Å². The highest BCUT2D eigenvalue weighted by molar-refractivity contribution is 6.67. The van der Waals surface area contributed by atoms with Gasteiger partial charge in [-0.2, -0.15) is 0 Å². The lowest BCUT2D eigenvalue weighted by Gasteiger charge is -2.09. The summed E-state index contributed by atoms with van der Waals surface area (Å²) in [6.07, 6.45) is 4.33. The Hall–Kier alpha value is -0.180. The molecular weight excluding hydrogens is 268 g/mol. The molecule has 0 aromatic carbocycles. The highest BCUT2D eigenvalue weighted by atomic mass is 35.6. The minimum absolute atomic E-state index is 0.136. The van der Waals surface area contributed by atoms with Crippen LogP contribution in [-0.2, 0) is 7.05 Å². The van der Waals surface area contributed by atoms with E-state index in [0.29, 0.717) is 12.8 Å². The molecule has 2 nitrogen and oxygen atoms in total. The van der Waals surface area contributed by atoms with Crippen molar-refractivity contribution in [2.45, 2.75) is 29.5 Å². The van der Waals surface area contributed by atoms with Gasteiger partial charge in [0, 0.05) is 19.7 Å². The highest BCUT2D eigenvalue weighted by Gasteiger charge is 2.18. The van der Waals surface area contributed by atoms with Gasteiger partial charge in [-0.1, -0.05) is 34.8 Å². The van der Waals surface area contributed by atoms with Crippen LogP contribution in [0.15, 0.2) is 18.3 Å². The van der Waals surface area contributed by atoms with Crippen LogP contribution in [0.3, 0.4) is 0 Å². The van der Waals surface area contributed by atoms with Crippen LogP contribution < -0.4 is 0 Å². The Balaban J connectivity index is 2.29. The number of halogens is 3. The molecule has 0 aliphatic heterocycles. The van der Waals surface area contributed by atoms with Crippen molar-refractivity contribution in [3.63, 3.8) is 0 Å². The van der Waals surface area contributed by atoms with Crippen molar-refractivity contribution in [2.75, 3.05) is 0 Å². The van der Waals surface area contributed by atoms with E-state index in [4.69, 9.17) is 34.8 Å². The number of Topliss-reactive ketones (excluding diaryl/α,β-unsaturated/α-hetero) is 1. The van der Waals surface area contributed by atoms with Gasteiger partial charge in [0.25, 0.3) is 0 Å². The summed E-state index contributed by atoms with van der Waals surface area (Å²) in [5.41, 5.74) is 0.730. The SMILES string of the molecule is Cn1cccc1C(=O)CCCCC(Cl)(Cl)Cl. The summed E-state index contributed by atoms with van der Waals surface area (Å²) in [6, 6.07) is 3.67. The molecular formula is C11H14Cl3NO. The fourth-order valence-electron chi connectivity index (χ4n) is 1.49.